The zero-order chi connectivity index (χ0) is 16.6. The molecule has 22 heavy (non-hydrogen) atoms. The van der Waals surface area contributed by atoms with Gasteiger partial charge in [-0.1, -0.05) is 35.6 Å². The van der Waals surface area contributed by atoms with Gasteiger partial charge in [0.1, 0.15) is 0 Å². The molecule has 1 aromatic carbocycles. The number of aryl methyl sites for hydroxylation is 1. The van der Waals surface area contributed by atoms with Crippen molar-refractivity contribution in [3.05, 3.63) is 48.0 Å². The van der Waals surface area contributed by atoms with E-state index in [2.05, 4.69) is 18.4 Å². The maximum Gasteiger partial charge on any atom is 0.324 e. The first-order valence-corrected chi connectivity index (χ1v) is 6.83. The van der Waals surface area contributed by atoms with Crippen LogP contribution in [-0.2, 0) is 19.1 Å². The lowest BCUT2D eigenvalue weighted by molar-refractivity contribution is -0.168. The molecule has 0 bridgehead atoms. The topological polar surface area (TPSA) is 52.6 Å². The Hall–Kier alpha value is -2.54. The van der Waals surface area contributed by atoms with E-state index in [0.717, 1.165) is 11.1 Å². The summed E-state index contributed by atoms with van der Waals surface area (Å²) in [7, 11) is 2.47. The first-order chi connectivity index (χ1) is 10.5. The van der Waals surface area contributed by atoms with Crippen molar-refractivity contribution in [3.63, 3.8) is 0 Å². The number of hydrogen-bond acceptors (Lipinski definition) is 4. The van der Waals surface area contributed by atoms with E-state index >= 15 is 0 Å². The third kappa shape index (κ3) is 3.98. The molecule has 4 nitrogen and oxygen atoms in total. The molecule has 0 N–H and O–H groups in total. The minimum absolute atomic E-state index is 0.00619. The van der Waals surface area contributed by atoms with Crippen molar-refractivity contribution < 1.29 is 19.1 Å². The third-order valence-corrected chi connectivity index (χ3v) is 3.32. The summed E-state index contributed by atoms with van der Waals surface area (Å²) in [5.74, 6) is 4.48. The zero-order valence-corrected chi connectivity index (χ0v) is 13.1. The van der Waals surface area contributed by atoms with Gasteiger partial charge in [-0.05, 0) is 25.5 Å². The fourth-order valence-electron chi connectivity index (χ4n) is 2.04. The molecule has 0 aliphatic carbocycles. The smallest absolute Gasteiger partial charge is 0.324 e. The van der Waals surface area contributed by atoms with Gasteiger partial charge in [0, 0.05) is 12.0 Å². The number of rotatable bonds is 5. The highest BCUT2D eigenvalue weighted by atomic mass is 16.5. The monoisotopic (exact) mass is 300 g/mol. The number of ether oxygens (including phenoxy) is 2. The Balaban J connectivity index is 3.08. The average Bonchev–Trinajstić information content (AvgIpc) is 2.54. The highest BCUT2D eigenvalue weighted by molar-refractivity contribution is 6.00. The van der Waals surface area contributed by atoms with Gasteiger partial charge in [-0.3, -0.25) is 9.59 Å². The third-order valence-electron chi connectivity index (χ3n) is 3.32. The molecule has 0 unspecified atom stereocenters. The molecule has 1 aromatic rings. The second kappa shape index (κ2) is 8.04. The van der Waals surface area contributed by atoms with E-state index in [4.69, 9.17) is 9.47 Å². The summed E-state index contributed by atoms with van der Waals surface area (Å²) in [4.78, 5) is 24.1. The number of carbonyl (C=O) groups excluding carboxylic acids is 2. The highest BCUT2D eigenvalue weighted by Gasteiger charge is 2.46. The molecular weight excluding hydrogens is 280 g/mol. The van der Waals surface area contributed by atoms with Gasteiger partial charge < -0.3 is 9.47 Å². The van der Waals surface area contributed by atoms with E-state index in [9.17, 15) is 9.59 Å². The molecular formula is C18H20O4. The number of carbonyl (C=O) groups is 2. The van der Waals surface area contributed by atoms with Crippen LogP contribution in [0.4, 0.5) is 0 Å². The van der Waals surface area contributed by atoms with Crippen molar-refractivity contribution in [2.75, 3.05) is 14.2 Å². The standard InChI is InChI=1S/C18H20O4/c1-5-12-18(16(19)21-3,17(20)22-4)13-6-7-15-10-8-14(2)9-11-15/h5,8-11H,1,12-13H2,2-4H3. The Morgan fingerprint density at radius 1 is 1.18 bits per heavy atom. The van der Waals surface area contributed by atoms with E-state index < -0.39 is 17.4 Å². The maximum atomic E-state index is 12.1. The molecule has 0 aliphatic heterocycles. The van der Waals surface area contributed by atoms with Gasteiger partial charge in [0.25, 0.3) is 0 Å². The second-order valence-electron chi connectivity index (χ2n) is 4.90. The van der Waals surface area contributed by atoms with Crippen LogP contribution in [0, 0.1) is 24.2 Å². The van der Waals surface area contributed by atoms with Gasteiger partial charge in [0.2, 0.25) is 0 Å². The van der Waals surface area contributed by atoms with E-state index in [-0.39, 0.29) is 12.8 Å². The van der Waals surface area contributed by atoms with Gasteiger partial charge in [0.05, 0.1) is 14.2 Å². The van der Waals surface area contributed by atoms with Crippen LogP contribution in [-0.4, -0.2) is 26.2 Å². The SMILES string of the molecule is C=CCC(CC#Cc1ccc(C)cc1)(C(=O)OC)C(=O)OC. The van der Waals surface area contributed by atoms with Crippen LogP contribution >= 0.6 is 0 Å². The van der Waals surface area contributed by atoms with E-state index in [1.54, 1.807) is 0 Å². The van der Waals surface area contributed by atoms with Crippen molar-refractivity contribution in [2.24, 2.45) is 5.41 Å². The predicted molar refractivity (Wildman–Crippen MR) is 84.0 cm³/mol. The molecule has 4 heteroatoms. The molecule has 0 spiro atoms. The van der Waals surface area contributed by atoms with Crippen molar-refractivity contribution in [1.29, 1.82) is 0 Å². The van der Waals surface area contributed by atoms with Gasteiger partial charge in [0.15, 0.2) is 5.41 Å². The van der Waals surface area contributed by atoms with Crippen LogP contribution in [0.25, 0.3) is 0 Å². The number of allylic oxidation sites excluding steroid dienone is 1. The Labute approximate surface area is 131 Å². The summed E-state index contributed by atoms with van der Waals surface area (Å²) in [6.45, 7) is 5.58. The van der Waals surface area contributed by atoms with Crippen molar-refractivity contribution in [2.45, 2.75) is 19.8 Å². The first kappa shape index (κ1) is 17.5. The minimum atomic E-state index is -1.47. The Bertz CT molecular complexity index is 586. The van der Waals surface area contributed by atoms with E-state index in [1.165, 1.54) is 20.3 Å². The zero-order valence-electron chi connectivity index (χ0n) is 13.1. The summed E-state index contributed by atoms with van der Waals surface area (Å²) in [6, 6.07) is 7.66. The minimum Gasteiger partial charge on any atom is -0.468 e. The summed E-state index contributed by atoms with van der Waals surface area (Å²) in [5, 5.41) is 0. The first-order valence-electron chi connectivity index (χ1n) is 6.83. The fraction of sp³-hybridized carbons (Fsp3) is 0.333. The van der Waals surface area contributed by atoms with Gasteiger partial charge in [-0.25, -0.2) is 0 Å². The molecule has 0 radical (unpaired) electrons. The van der Waals surface area contributed by atoms with Gasteiger partial charge >= 0.3 is 11.9 Å². The number of hydrogen-bond donors (Lipinski definition) is 0. The molecule has 0 saturated carbocycles. The lowest BCUT2D eigenvalue weighted by Gasteiger charge is -2.24. The lowest BCUT2D eigenvalue weighted by atomic mass is 9.81. The maximum absolute atomic E-state index is 12.1. The van der Waals surface area contributed by atoms with Crippen LogP contribution in [0.3, 0.4) is 0 Å². The summed E-state index contributed by atoms with van der Waals surface area (Å²) >= 11 is 0. The molecule has 0 atom stereocenters. The van der Waals surface area contributed by atoms with E-state index in [0.29, 0.717) is 0 Å². The van der Waals surface area contributed by atoms with Crippen molar-refractivity contribution in [3.8, 4) is 11.8 Å². The van der Waals surface area contributed by atoms with Crippen LogP contribution in [0.5, 0.6) is 0 Å². The normalized spacial score (nSPS) is 10.1. The number of methoxy groups -OCH3 is 2. The summed E-state index contributed by atoms with van der Waals surface area (Å²) < 4.78 is 9.51. The van der Waals surface area contributed by atoms with E-state index in [1.807, 2.05) is 31.2 Å². The molecule has 0 heterocycles. The molecule has 0 aliphatic rings. The summed E-state index contributed by atoms with van der Waals surface area (Å²) in [6.07, 6.45) is 1.60. The van der Waals surface area contributed by atoms with Gasteiger partial charge in [-0.15, -0.1) is 6.58 Å². The largest absolute Gasteiger partial charge is 0.468 e. The van der Waals surface area contributed by atoms with Crippen LogP contribution in [0.15, 0.2) is 36.9 Å². The molecule has 0 fully saturated rings. The molecule has 116 valence electrons. The number of benzene rings is 1. The molecule has 0 aromatic heterocycles. The molecule has 0 amide bonds. The van der Waals surface area contributed by atoms with Crippen molar-refractivity contribution in [1.82, 2.24) is 0 Å². The summed E-state index contributed by atoms with van der Waals surface area (Å²) in [5.41, 5.74) is 0.478. The second-order valence-corrected chi connectivity index (χ2v) is 4.90. The average molecular weight is 300 g/mol. The fourth-order valence-corrected chi connectivity index (χ4v) is 2.04. The van der Waals surface area contributed by atoms with Crippen molar-refractivity contribution >= 4 is 11.9 Å². The Morgan fingerprint density at radius 2 is 1.73 bits per heavy atom. The highest BCUT2D eigenvalue weighted by Crippen LogP contribution is 2.30. The Kier molecular flexibility index (Phi) is 6.40. The number of esters is 2. The van der Waals surface area contributed by atoms with Crippen LogP contribution in [0.1, 0.15) is 24.0 Å². The van der Waals surface area contributed by atoms with Crippen LogP contribution < -0.4 is 0 Å². The van der Waals surface area contributed by atoms with Crippen LogP contribution in [0.2, 0.25) is 0 Å². The molecule has 1 rings (SSSR count). The quantitative estimate of drug-likeness (QED) is 0.363. The molecule has 0 saturated heterocycles. The predicted octanol–water partition coefficient (Wildman–Crippen LogP) is 2.65. The van der Waals surface area contributed by atoms with Gasteiger partial charge in [-0.2, -0.15) is 0 Å². The lowest BCUT2D eigenvalue weighted by Crippen LogP contribution is -2.40. The Morgan fingerprint density at radius 3 is 2.18 bits per heavy atom.